The van der Waals surface area contributed by atoms with Gasteiger partial charge in [-0.15, -0.1) is 0 Å². The summed E-state index contributed by atoms with van der Waals surface area (Å²) in [6.07, 6.45) is -2.73. The van der Waals surface area contributed by atoms with Crippen molar-refractivity contribution in [3.63, 3.8) is 0 Å². The molecule has 6 heteroatoms. The van der Waals surface area contributed by atoms with Gasteiger partial charge in [-0.25, -0.2) is 13.8 Å². The molecule has 72 valence electrons. The second-order valence-corrected chi connectivity index (χ2v) is 3.30. The molecule has 0 aliphatic carbocycles. The quantitative estimate of drug-likeness (QED) is 0.673. The van der Waals surface area contributed by atoms with E-state index >= 15 is 0 Å². The first-order valence-corrected chi connectivity index (χ1v) is 4.35. The van der Waals surface area contributed by atoms with Gasteiger partial charge in [0.15, 0.2) is 5.75 Å². The summed E-state index contributed by atoms with van der Waals surface area (Å²) in [5.74, 6) is -0.778. The predicted octanol–water partition coefficient (Wildman–Crippen LogP) is 2.34. The Morgan fingerprint density at radius 3 is 2.69 bits per heavy atom. The highest BCUT2D eigenvalue weighted by Gasteiger charge is 2.18. The Bertz CT molecular complexity index is 320. The number of rotatable bonds is 2. The number of aromatic hydroxyl groups is 1. The van der Waals surface area contributed by atoms with Crippen molar-refractivity contribution in [2.45, 2.75) is 6.43 Å². The van der Waals surface area contributed by atoms with Crippen LogP contribution in [0.2, 0.25) is 0 Å². The normalized spacial score (nSPS) is 10.5. The third-order valence-electron chi connectivity index (χ3n) is 1.39. The lowest BCUT2D eigenvalue weighted by molar-refractivity contribution is 0.146. The first-order chi connectivity index (χ1) is 6.06. The van der Waals surface area contributed by atoms with Crippen LogP contribution < -0.4 is 4.74 Å². The summed E-state index contributed by atoms with van der Waals surface area (Å²) in [6.45, 7) is 0. The van der Waals surface area contributed by atoms with E-state index in [0.29, 0.717) is 3.70 Å². The van der Waals surface area contributed by atoms with Crippen LogP contribution in [-0.2, 0) is 0 Å². The van der Waals surface area contributed by atoms with Gasteiger partial charge in [0, 0.05) is 0 Å². The largest absolute Gasteiger partial charge is 0.503 e. The zero-order chi connectivity index (χ0) is 10.0. The number of halogens is 3. The lowest BCUT2D eigenvalue weighted by Gasteiger charge is -2.07. The van der Waals surface area contributed by atoms with E-state index in [1.165, 1.54) is 7.11 Å². The summed E-state index contributed by atoms with van der Waals surface area (Å²) >= 11 is 1.77. The minimum Gasteiger partial charge on any atom is -0.503 e. The summed E-state index contributed by atoms with van der Waals surface area (Å²) in [5, 5.41) is 9.21. The topological polar surface area (TPSA) is 42.4 Å². The number of pyridine rings is 1. The second kappa shape index (κ2) is 4.03. The zero-order valence-electron chi connectivity index (χ0n) is 6.59. The van der Waals surface area contributed by atoms with Gasteiger partial charge in [-0.1, -0.05) is 0 Å². The maximum absolute atomic E-state index is 12.3. The molecule has 1 heterocycles. The molecule has 0 aromatic carbocycles. The molecule has 1 N–H and O–H groups in total. The smallest absolute Gasteiger partial charge is 0.267 e. The van der Waals surface area contributed by atoms with Crippen molar-refractivity contribution in [2.75, 3.05) is 7.11 Å². The van der Waals surface area contributed by atoms with Crippen molar-refractivity contribution in [2.24, 2.45) is 0 Å². The average molecular weight is 301 g/mol. The van der Waals surface area contributed by atoms with Gasteiger partial charge in [0.2, 0.25) is 0 Å². The number of methoxy groups -OCH3 is 1. The molecule has 0 aliphatic heterocycles. The minimum atomic E-state index is -2.73. The van der Waals surface area contributed by atoms with E-state index in [2.05, 4.69) is 9.72 Å². The first kappa shape index (κ1) is 10.4. The number of ether oxygens (including phenoxy) is 1. The summed E-state index contributed by atoms with van der Waals surface area (Å²) in [7, 11) is 1.26. The lowest BCUT2D eigenvalue weighted by atomic mass is 10.2. The Morgan fingerprint density at radius 1 is 1.62 bits per heavy atom. The molecule has 0 amide bonds. The van der Waals surface area contributed by atoms with Crippen LogP contribution in [-0.4, -0.2) is 17.2 Å². The van der Waals surface area contributed by atoms with Crippen molar-refractivity contribution < 1.29 is 18.6 Å². The fourth-order valence-corrected chi connectivity index (χ4v) is 1.37. The average Bonchev–Trinajstić information content (AvgIpc) is 2.08. The lowest BCUT2D eigenvalue weighted by Crippen LogP contribution is -1.95. The molecular weight excluding hydrogens is 295 g/mol. The second-order valence-electron chi connectivity index (χ2n) is 2.19. The van der Waals surface area contributed by atoms with Crippen LogP contribution in [0.25, 0.3) is 0 Å². The van der Waals surface area contributed by atoms with Crippen LogP contribution in [0.5, 0.6) is 11.6 Å². The summed E-state index contributed by atoms with van der Waals surface area (Å²) < 4.78 is 29.5. The van der Waals surface area contributed by atoms with E-state index < -0.39 is 17.7 Å². The number of alkyl halides is 2. The maximum Gasteiger partial charge on any atom is 0.267 e. The van der Waals surface area contributed by atoms with Crippen LogP contribution in [0.3, 0.4) is 0 Å². The summed E-state index contributed by atoms with van der Waals surface area (Å²) in [6, 6.07) is 1.11. The highest BCUT2D eigenvalue weighted by atomic mass is 127. The van der Waals surface area contributed by atoms with Crippen LogP contribution >= 0.6 is 22.6 Å². The molecule has 0 saturated heterocycles. The molecule has 0 aliphatic rings. The molecule has 0 bridgehead atoms. The molecule has 0 radical (unpaired) electrons. The maximum atomic E-state index is 12.3. The number of nitrogens with zero attached hydrogens (tertiary/aromatic N) is 1. The van der Waals surface area contributed by atoms with Gasteiger partial charge in [-0.3, -0.25) is 0 Å². The van der Waals surface area contributed by atoms with Crippen molar-refractivity contribution in [1.29, 1.82) is 0 Å². The third kappa shape index (κ3) is 2.17. The highest BCUT2D eigenvalue weighted by Crippen LogP contribution is 2.35. The SMILES string of the molecule is COc1nc(I)cc(C(F)F)c1O. The molecule has 1 aromatic rings. The van der Waals surface area contributed by atoms with E-state index in [9.17, 15) is 13.9 Å². The van der Waals surface area contributed by atoms with Crippen molar-refractivity contribution in [1.82, 2.24) is 4.98 Å². The first-order valence-electron chi connectivity index (χ1n) is 3.27. The fraction of sp³-hybridized carbons (Fsp3) is 0.286. The van der Waals surface area contributed by atoms with Gasteiger partial charge in [-0.2, -0.15) is 0 Å². The Labute approximate surface area is 86.9 Å². The van der Waals surface area contributed by atoms with E-state index in [-0.39, 0.29) is 5.88 Å². The fourth-order valence-electron chi connectivity index (χ4n) is 0.811. The van der Waals surface area contributed by atoms with E-state index in [4.69, 9.17) is 0 Å². The molecule has 0 spiro atoms. The Hall–Kier alpha value is -0.660. The molecule has 0 unspecified atom stereocenters. The molecule has 0 atom stereocenters. The molecule has 0 saturated carbocycles. The van der Waals surface area contributed by atoms with Gasteiger partial charge in [0.25, 0.3) is 12.3 Å². The van der Waals surface area contributed by atoms with Gasteiger partial charge in [0.05, 0.1) is 12.7 Å². The highest BCUT2D eigenvalue weighted by molar-refractivity contribution is 14.1. The predicted molar refractivity (Wildman–Crippen MR) is 50.1 cm³/mol. The number of aromatic nitrogens is 1. The molecular formula is C7H6F2INO2. The van der Waals surface area contributed by atoms with E-state index in [0.717, 1.165) is 6.07 Å². The molecule has 3 nitrogen and oxygen atoms in total. The van der Waals surface area contributed by atoms with Crippen LogP contribution in [0, 0.1) is 3.70 Å². The summed E-state index contributed by atoms with van der Waals surface area (Å²) in [4.78, 5) is 3.72. The Balaban J connectivity index is 3.27. The van der Waals surface area contributed by atoms with Crippen molar-refractivity contribution in [3.8, 4) is 11.6 Å². The third-order valence-corrected chi connectivity index (χ3v) is 1.94. The van der Waals surface area contributed by atoms with E-state index in [1.54, 1.807) is 22.6 Å². The van der Waals surface area contributed by atoms with Crippen molar-refractivity contribution in [3.05, 3.63) is 15.3 Å². The van der Waals surface area contributed by atoms with Gasteiger partial charge in [0.1, 0.15) is 3.70 Å². The zero-order valence-corrected chi connectivity index (χ0v) is 8.75. The van der Waals surface area contributed by atoms with Crippen LogP contribution in [0.4, 0.5) is 8.78 Å². The summed E-state index contributed by atoms with van der Waals surface area (Å²) in [5.41, 5.74) is -0.462. The van der Waals surface area contributed by atoms with Gasteiger partial charge < -0.3 is 9.84 Å². The standard InChI is InChI=1S/C7H6F2INO2/c1-13-7-5(12)3(6(8)9)2-4(10)11-7/h2,6,12H,1H3. The molecule has 13 heavy (non-hydrogen) atoms. The van der Waals surface area contributed by atoms with E-state index in [1.807, 2.05) is 0 Å². The molecule has 1 rings (SSSR count). The number of hydrogen-bond acceptors (Lipinski definition) is 3. The van der Waals surface area contributed by atoms with Crippen LogP contribution in [0.1, 0.15) is 12.0 Å². The molecule has 1 aromatic heterocycles. The monoisotopic (exact) mass is 301 g/mol. The van der Waals surface area contributed by atoms with Gasteiger partial charge in [-0.05, 0) is 28.7 Å². The van der Waals surface area contributed by atoms with Gasteiger partial charge >= 0.3 is 0 Å². The number of hydrogen-bond donors (Lipinski definition) is 1. The Morgan fingerprint density at radius 2 is 2.23 bits per heavy atom. The van der Waals surface area contributed by atoms with Crippen molar-refractivity contribution >= 4 is 22.6 Å². The molecule has 0 fully saturated rings. The minimum absolute atomic E-state index is 0.179. The van der Waals surface area contributed by atoms with Crippen LogP contribution in [0.15, 0.2) is 6.07 Å². The Kier molecular flexibility index (Phi) is 3.23.